The molecule has 1 amide bonds. The molecular weight excluding hydrogens is 410 g/mol. The molecule has 0 fully saturated rings. The molecule has 1 aromatic heterocycles. The lowest BCUT2D eigenvalue weighted by atomic mass is 10.0. The van der Waals surface area contributed by atoms with Gasteiger partial charge in [-0.05, 0) is 44.7 Å². The van der Waals surface area contributed by atoms with Crippen molar-refractivity contribution in [2.45, 2.75) is 66.0 Å². The van der Waals surface area contributed by atoms with E-state index < -0.39 is 29.3 Å². The van der Waals surface area contributed by atoms with Gasteiger partial charge in [0.2, 0.25) is 0 Å². The van der Waals surface area contributed by atoms with E-state index in [2.05, 4.69) is 5.32 Å². The Morgan fingerprint density at radius 3 is 2.43 bits per heavy atom. The molecule has 2 aromatic rings. The Bertz CT molecular complexity index is 990. The normalized spacial score (nSPS) is 12.7. The van der Waals surface area contributed by atoms with Crippen molar-refractivity contribution in [2.24, 2.45) is 5.92 Å². The van der Waals surface area contributed by atoms with Crippen molar-refractivity contribution >= 4 is 34.6 Å². The van der Waals surface area contributed by atoms with E-state index >= 15 is 0 Å². The van der Waals surface area contributed by atoms with E-state index in [1.165, 1.54) is 12.1 Å². The number of halogens is 1. The van der Waals surface area contributed by atoms with Crippen LogP contribution in [0.5, 0.6) is 5.75 Å². The minimum atomic E-state index is -0.954. The first-order valence-electron chi connectivity index (χ1n) is 9.88. The number of fused-ring (bicyclic) bond motifs is 1. The first kappa shape index (κ1) is 23.7. The maximum absolute atomic E-state index is 12.7. The number of hydrogen-bond acceptors (Lipinski definition) is 6. The van der Waals surface area contributed by atoms with Gasteiger partial charge in [0.05, 0.1) is 5.02 Å². The van der Waals surface area contributed by atoms with E-state index in [0.29, 0.717) is 11.8 Å². The SMILES string of the molecule is CCCc1cc(=O)oc2cc(OC(=O)C(NC(=O)OC(C)(C)C)C(C)C)c(Cl)cc12. The third kappa shape index (κ3) is 6.23. The number of rotatable bonds is 6. The van der Waals surface area contributed by atoms with E-state index in [1.807, 2.05) is 6.92 Å². The Morgan fingerprint density at radius 2 is 1.87 bits per heavy atom. The molecule has 0 aliphatic rings. The van der Waals surface area contributed by atoms with Gasteiger partial charge in [0.1, 0.15) is 17.2 Å². The summed E-state index contributed by atoms with van der Waals surface area (Å²) in [5, 5.41) is 3.42. The van der Waals surface area contributed by atoms with Crippen LogP contribution in [0.1, 0.15) is 53.5 Å². The predicted octanol–water partition coefficient (Wildman–Crippen LogP) is 4.85. The highest BCUT2D eigenvalue weighted by Crippen LogP contribution is 2.32. The fourth-order valence-electron chi connectivity index (χ4n) is 2.89. The summed E-state index contributed by atoms with van der Waals surface area (Å²) < 4.78 is 15.9. The summed E-state index contributed by atoms with van der Waals surface area (Å²) in [6, 6.07) is 3.51. The summed E-state index contributed by atoms with van der Waals surface area (Å²) in [7, 11) is 0. The Kier molecular flexibility index (Phi) is 7.53. The van der Waals surface area contributed by atoms with Crippen molar-refractivity contribution in [3.8, 4) is 5.75 Å². The lowest BCUT2D eigenvalue weighted by Crippen LogP contribution is -2.48. The van der Waals surface area contributed by atoms with Crippen molar-refractivity contribution in [1.82, 2.24) is 5.32 Å². The van der Waals surface area contributed by atoms with E-state index in [0.717, 1.165) is 12.0 Å². The highest BCUT2D eigenvalue weighted by Gasteiger charge is 2.29. The molecule has 30 heavy (non-hydrogen) atoms. The molecule has 0 saturated heterocycles. The highest BCUT2D eigenvalue weighted by molar-refractivity contribution is 6.33. The number of hydrogen-bond donors (Lipinski definition) is 1. The molecular formula is C22H28ClNO6. The summed E-state index contributed by atoms with van der Waals surface area (Å²) in [5.41, 5.74) is -0.100. The average molecular weight is 438 g/mol. The van der Waals surface area contributed by atoms with Crippen LogP contribution in [0.15, 0.2) is 27.4 Å². The van der Waals surface area contributed by atoms with Gasteiger partial charge in [-0.1, -0.05) is 38.8 Å². The Morgan fingerprint density at radius 1 is 1.20 bits per heavy atom. The quantitative estimate of drug-likeness (QED) is 0.394. The molecule has 1 aromatic carbocycles. The van der Waals surface area contributed by atoms with Gasteiger partial charge in [-0.3, -0.25) is 0 Å². The average Bonchev–Trinajstić information content (AvgIpc) is 2.59. The monoisotopic (exact) mass is 437 g/mol. The van der Waals surface area contributed by atoms with Crippen molar-refractivity contribution in [3.63, 3.8) is 0 Å². The fraction of sp³-hybridized carbons (Fsp3) is 0.500. The van der Waals surface area contributed by atoms with Gasteiger partial charge in [-0.25, -0.2) is 14.4 Å². The van der Waals surface area contributed by atoms with Crippen LogP contribution in [0, 0.1) is 5.92 Å². The minimum absolute atomic E-state index is 0.0441. The zero-order valence-corrected chi connectivity index (χ0v) is 18.9. The van der Waals surface area contributed by atoms with Crippen LogP contribution < -0.4 is 15.7 Å². The van der Waals surface area contributed by atoms with Crippen LogP contribution in [0.3, 0.4) is 0 Å². The second-order valence-corrected chi connectivity index (χ2v) is 8.82. The largest absolute Gasteiger partial charge is 0.444 e. The Balaban J connectivity index is 2.30. The molecule has 1 unspecified atom stereocenters. The summed E-state index contributed by atoms with van der Waals surface area (Å²) in [5.74, 6) is -0.926. The van der Waals surface area contributed by atoms with Gasteiger partial charge in [-0.2, -0.15) is 0 Å². The number of aryl methyl sites for hydroxylation is 1. The van der Waals surface area contributed by atoms with Crippen LogP contribution in [-0.4, -0.2) is 23.7 Å². The van der Waals surface area contributed by atoms with E-state index in [4.69, 9.17) is 25.5 Å². The van der Waals surface area contributed by atoms with E-state index in [-0.39, 0.29) is 22.3 Å². The van der Waals surface area contributed by atoms with Crippen molar-refractivity contribution in [2.75, 3.05) is 0 Å². The molecule has 0 saturated carbocycles. The van der Waals surface area contributed by atoms with Crippen LogP contribution >= 0.6 is 11.6 Å². The Hall–Kier alpha value is -2.54. The van der Waals surface area contributed by atoms with Gasteiger partial charge in [-0.15, -0.1) is 0 Å². The van der Waals surface area contributed by atoms with Crippen molar-refractivity contribution in [3.05, 3.63) is 39.2 Å². The summed E-state index contributed by atoms with van der Waals surface area (Å²) in [4.78, 5) is 36.7. The van der Waals surface area contributed by atoms with Gasteiger partial charge in [0.25, 0.3) is 0 Å². The maximum Gasteiger partial charge on any atom is 0.408 e. The van der Waals surface area contributed by atoms with Gasteiger partial charge >= 0.3 is 17.7 Å². The molecule has 0 aliphatic heterocycles. The fourth-order valence-corrected chi connectivity index (χ4v) is 3.09. The molecule has 0 spiro atoms. The number of ether oxygens (including phenoxy) is 2. The summed E-state index contributed by atoms with van der Waals surface area (Å²) in [6.45, 7) is 10.7. The predicted molar refractivity (Wildman–Crippen MR) is 115 cm³/mol. The zero-order valence-electron chi connectivity index (χ0n) is 18.1. The number of amides is 1. The number of carbonyl (C=O) groups is 2. The van der Waals surface area contributed by atoms with E-state index in [1.54, 1.807) is 40.7 Å². The lowest BCUT2D eigenvalue weighted by molar-refractivity contribution is -0.137. The van der Waals surface area contributed by atoms with E-state index in [9.17, 15) is 14.4 Å². The lowest BCUT2D eigenvalue weighted by Gasteiger charge is -2.24. The molecule has 1 N–H and O–H groups in total. The second-order valence-electron chi connectivity index (χ2n) is 8.41. The molecule has 8 heteroatoms. The highest BCUT2D eigenvalue weighted by atomic mass is 35.5. The molecule has 1 atom stereocenters. The third-order valence-electron chi connectivity index (χ3n) is 4.21. The number of carbonyl (C=O) groups excluding carboxylic acids is 2. The topological polar surface area (TPSA) is 94.8 Å². The van der Waals surface area contributed by atoms with Crippen LogP contribution in [0.4, 0.5) is 4.79 Å². The van der Waals surface area contributed by atoms with Gasteiger partial charge in [0.15, 0.2) is 5.75 Å². The Labute approximate surface area is 180 Å². The van der Waals surface area contributed by atoms with Gasteiger partial charge < -0.3 is 19.2 Å². The van der Waals surface area contributed by atoms with Crippen LogP contribution in [-0.2, 0) is 16.0 Å². The summed E-state index contributed by atoms with van der Waals surface area (Å²) in [6.07, 6.45) is 0.810. The zero-order chi connectivity index (χ0) is 22.6. The number of benzene rings is 1. The van der Waals surface area contributed by atoms with Crippen molar-refractivity contribution in [1.29, 1.82) is 0 Å². The summed E-state index contributed by atoms with van der Waals surface area (Å²) >= 11 is 6.33. The number of nitrogens with one attached hydrogen (secondary N) is 1. The molecule has 7 nitrogen and oxygen atoms in total. The molecule has 0 aliphatic carbocycles. The molecule has 0 radical (unpaired) electrons. The standard InChI is InChI=1S/C22H28ClNO6/c1-7-8-13-9-18(25)28-16-11-17(15(23)10-14(13)16)29-20(26)19(12(2)3)24-21(27)30-22(4,5)6/h9-12,19H,7-8H2,1-6H3,(H,24,27). The molecule has 0 bridgehead atoms. The molecule has 1 heterocycles. The molecule has 164 valence electrons. The number of esters is 1. The second kappa shape index (κ2) is 9.51. The number of alkyl carbamates (subject to hydrolysis) is 1. The molecule has 2 rings (SSSR count). The first-order valence-corrected chi connectivity index (χ1v) is 10.3. The first-order chi connectivity index (χ1) is 13.9. The maximum atomic E-state index is 12.7. The van der Waals surface area contributed by atoms with Gasteiger partial charge in [0, 0.05) is 17.5 Å². The third-order valence-corrected chi connectivity index (χ3v) is 4.50. The van der Waals surface area contributed by atoms with Crippen molar-refractivity contribution < 1.29 is 23.5 Å². The smallest absolute Gasteiger partial charge is 0.408 e. The minimum Gasteiger partial charge on any atom is -0.444 e. The van der Waals surface area contributed by atoms with Crippen LogP contribution in [0.25, 0.3) is 11.0 Å². The van der Waals surface area contributed by atoms with Crippen LogP contribution in [0.2, 0.25) is 5.02 Å².